The summed E-state index contributed by atoms with van der Waals surface area (Å²) in [5.74, 6) is -2.08. The molecule has 2 aromatic rings. The lowest BCUT2D eigenvalue weighted by molar-refractivity contribution is -0.149. The van der Waals surface area contributed by atoms with Gasteiger partial charge in [-0.1, -0.05) is 41.9 Å². The maximum absolute atomic E-state index is 12.1. The van der Waals surface area contributed by atoms with E-state index in [9.17, 15) is 14.7 Å². The molecule has 0 radical (unpaired) electrons. The number of hydrogen-bond acceptors (Lipinski definition) is 4. The Bertz CT molecular complexity index is 763. The molecule has 2 aromatic carbocycles. The van der Waals surface area contributed by atoms with Crippen molar-refractivity contribution in [2.75, 3.05) is 0 Å². The molecule has 1 atom stereocenters. The summed E-state index contributed by atoms with van der Waals surface area (Å²) < 4.78 is 5.11. The third-order valence-corrected chi connectivity index (χ3v) is 3.64. The number of aliphatic hydroxyl groups is 1. The standard InChI is InChI=1S/C17H11ClO4/c18-12-8-6-10(7-9-12)14(19)13-15(20)17(21)22-16(13)11-4-2-1-3-5-11/h1-9,16,19H/t16-/m1/s1. The highest BCUT2D eigenvalue weighted by molar-refractivity contribution is 6.44. The zero-order chi connectivity index (χ0) is 15.7. The number of esters is 1. The van der Waals surface area contributed by atoms with Crippen LogP contribution in [-0.2, 0) is 14.3 Å². The highest BCUT2D eigenvalue weighted by Crippen LogP contribution is 2.36. The first-order valence-corrected chi connectivity index (χ1v) is 6.95. The second kappa shape index (κ2) is 5.66. The number of rotatable bonds is 2. The summed E-state index contributed by atoms with van der Waals surface area (Å²) in [6.07, 6.45) is -0.906. The number of ketones is 1. The van der Waals surface area contributed by atoms with E-state index in [2.05, 4.69) is 0 Å². The number of carbonyl (C=O) groups excluding carboxylic acids is 2. The number of ether oxygens (including phenoxy) is 1. The summed E-state index contributed by atoms with van der Waals surface area (Å²) >= 11 is 5.81. The first kappa shape index (κ1) is 14.4. The Morgan fingerprint density at radius 2 is 1.64 bits per heavy atom. The molecule has 4 nitrogen and oxygen atoms in total. The van der Waals surface area contributed by atoms with Crippen molar-refractivity contribution in [1.29, 1.82) is 0 Å². The maximum Gasteiger partial charge on any atom is 0.380 e. The predicted molar refractivity (Wildman–Crippen MR) is 81.3 cm³/mol. The van der Waals surface area contributed by atoms with Crippen LogP contribution in [0, 0.1) is 0 Å². The fraction of sp³-hybridized carbons (Fsp3) is 0.0588. The van der Waals surface area contributed by atoms with Crippen LogP contribution < -0.4 is 0 Å². The highest BCUT2D eigenvalue weighted by Gasteiger charge is 2.42. The molecule has 0 saturated carbocycles. The van der Waals surface area contributed by atoms with E-state index in [0.29, 0.717) is 16.1 Å². The van der Waals surface area contributed by atoms with Gasteiger partial charge < -0.3 is 9.84 Å². The Kier molecular flexibility index (Phi) is 3.69. The Labute approximate surface area is 131 Å². The summed E-state index contributed by atoms with van der Waals surface area (Å²) in [5.41, 5.74) is 0.961. The van der Waals surface area contributed by atoms with Crippen LogP contribution in [0.2, 0.25) is 5.02 Å². The van der Waals surface area contributed by atoms with Gasteiger partial charge in [0.05, 0.1) is 5.57 Å². The van der Waals surface area contributed by atoms with Gasteiger partial charge in [-0.25, -0.2) is 4.79 Å². The van der Waals surface area contributed by atoms with E-state index in [4.69, 9.17) is 16.3 Å². The van der Waals surface area contributed by atoms with Crippen molar-refractivity contribution in [3.05, 3.63) is 76.3 Å². The van der Waals surface area contributed by atoms with Crippen molar-refractivity contribution in [1.82, 2.24) is 0 Å². The van der Waals surface area contributed by atoms with Crippen LogP contribution in [-0.4, -0.2) is 16.9 Å². The average Bonchev–Trinajstić information content (AvgIpc) is 2.84. The lowest BCUT2D eigenvalue weighted by Crippen LogP contribution is -2.08. The van der Waals surface area contributed by atoms with Crippen molar-refractivity contribution in [2.24, 2.45) is 0 Å². The lowest BCUT2D eigenvalue weighted by atomic mass is 9.97. The largest absolute Gasteiger partial charge is 0.507 e. The van der Waals surface area contributed by atoms with Gasteiger partial charge in [0.15, 0.2) is 6.10 Å². The van der Waals surface area contributed by atoms with Gasteiger partial charge in [0.2, 0.25) is 0 Å². The van der Waals surface area contributed by atoms with E-state index >= 15 is 0 Å². The number of hydrogen-bond donors (Lipinski definition) is 1. The van der Waals surface area contributed by atoms with Crippen LogP contribution in [0.5, 0.6) is 0 Å². The van der Waals surface area contributed by atoms with Gasteiger partial charge in [-0.05, 0) is 29.8 Å². The molecule has 1 aliphatic heterocycles. The monoisotopic (exact) mass is 314 g/mol. The van der Waals surface area contributed by atoms with E-state index < -0.39 is 17.9 Å². The number of Topliss-reactive ketones (excluding diaryl/α,β-unsaturated/α-hetero) is 1. The minimum absolute atomic E-state index is 0.0569. The van der Waals surface area contributed by atoms with Crippen LogP contribution in [0.1, 0.15) is 17.2 Å². The highest BCUT2D eigenvalue weighted by atomic mass is 35.5. The number of benzene rings is 2. The van der Waals surface area contributed by atoms with Gasteiger partial charge in [0.25, 0.3) is 5.78 Å². The molecule has 0 unspecified atom stereocenters. The van der Waals surface area contributed by atoms with E-state index in [1.54, 1.807) is 48.5 Å². The molecule has 1 aliphatic rings. The number of carbonyl (C=O) groups is 2. The zero-order valence-electron chi connectivity index (χ0n) is 11.3. The first-order valence-electron chi connectivity index (χ1n) is 6.57. The fourth-order valence-electron chi connectivity index (χ4n) is 2.31. The summed E-state index contributed by atoms with van der Waals surface area (Å²) in [5, 5.41) is 10.9. The summed E-state index contributed by atoms with van der Waals surface area (Å²) in [6.45, 7) is 0. The molecule has 0 bridgehead atoms. The average molecular weight is 315 g/mol. The van der Waals surface area contributed by atoms with Gasteiger partial charge >= 0.3 is 5.97 Å². The quantitative estimate of drug-likeness (QED) is 0.399. The van der Waals surface area contributed by atoms with Crippen LogP contribution in [0.3, 0.4) is 0 Å². The number of halogens is 1. The first-order chi connectivity index (χ1) is 10.6. The SMILES string of the molecule is O=C1O[C@H](c2ccccc2)C(=C(O)c2ccc(Cl)cc2)C1=O. The maximum atomic E-state index is 12.1. The summed E-state index contributed by atoms with van der Waals surface area (Å²) in [6, 6.07) is 15.1. The van der Waals surface area contributed by atoms with E-state index in [-0.39, 0.29) is 11.3 Å². The van der Waals surface area contributed by atoms with Crippen molar-refractivity contribution in [3.63, 3.8) is 0 Å². The van der Waals surface area contributed by atoms with Gasteiger partial charge in [-0.15, -0.1) is 0 Å². The Hall–Kier alpha value is -2.59. The predicted octanol–water partition coefficient (Wildman–Crippen LogP) is 3.48. The van der Waals surface area contributed by atoms with Gasteiger partial charge in [-0.3, -0.25) is 4.79 Å². The second-order valence-corrected chi connectivity index (χ2v) is 5.23. The molecule has 0 aliphatic carbocycles. The second-order valence-electron chi connectivity index (χ2n) is 4.79. The minimum Gasteiger partial charge on any atom is -0.507 e. The van der Waals surface area contributed by atoms with Crippen molar-refractivity contribution >= 4 is 29.1 Å². The molecule has 5 heteroatoms. The van der Waals surface area contributed by atoms with Crippen molar-refractivity contribution < 1.29 is 19.4 Å². The minimum atomic E-state index is -0.968. The topological polar surface area (TPSA) is 63.6 Å². The smallest absolute Gasteiger partial charge is 0.380 e. The van der Waals surface area contributed by atoms with Crippen LogP contribution in [0.15, 0.2) is 60.2 Å². The zero-order valence-corrected chi connectivity index (χ0v) is 12.1. The van der Waals surface area contributed by atoms with E-state index in [1.165, 1.54) is 0 Å². The molecule has 1 saturated heterocycles. The molecular formula is C17H11ClO4. The molecule has 22 heavy (non-hydrogen) atoms. The molecular weight excluding hydrogens is 304 g/mol. The van der Waals surface area contributed by atoms with Crippen LogP contribution in [0.4, 0.5) is 0 Å². The Morgan fingerprint density at radius 3 is 2.27 bits per heavy atom. The normalized spacial score (nSPS) is 20.0. The van der Waals surface area contributed by atoms with Crippen LogP contribution >= 0.6 is 11.6 Å². The summed E-state index contributed by atoms with van der Waals surface area (Å²) in [4.78, 5) is 23.7. The third kappa shape index (κ3) is 2.49. The molecule has 0 aromatic heterocycles. The molecule has 0 spiro atoms. The number of cyclic esters (lactones) is 1. The molecule has 1 fully saturated rings. The van der Waals surface area contributed by atoms with Gasteiger partial charge in [0, 0.05) is 10.6 Å². The number of aliphatic hydroxyl groups excluding tert-OH is 1. The summed E-state index contributed by atoms with van der Waals surface area (Å²) in [7, 11) is 0. The van der Waals surface area contributed by atoms with Crippen LogP contribution in [0.25, 0.3) is 5.76 Å². The van der Waals surface area contributed by atoms with E-state index in [0.717, 1.165) is 0 Å². The Morgan fingerprint density at radius 1 is 1.00 bits per heavy atom. The van der Waals surface area contributed by atoms with Crippen molar-refractivity contribution in [3.8, 4) is 0 Å². The molecule has 1 heterocycles. The fourth-order valence-corrected chi connectivity index (χ4v) is 2.43. The van der Waals surface area contributed by atoms with Gasteiger partial charge in [0.1, 0.15) is 5.76 Å². The van der Waals surface area contributed by atoms with Gasteiger partial charge in [-0.2, -0.15) is 0 Å². The molecule has 110 valence electrons. The van der Waals surface area contributed by atoms with Crippen molar-refractivity contribution in [2.45, 2.75) is 6.10 Å². The lowest BCUT2D eigenvalue weighted by Gasteiger charge is -2.12. The van der Waals surface area contributed by atoms with E-state index in [1.807, 2.05) is 6.07 Å². The third-order valence-electron chi connectivity index (χ3n) is 3.39. The molecule has 3 rings (SSSR count). The molecule has 1 N–H and O–H groups in total. The Balaban J connectivity index is 2.11. The molecule has 0 amide bonds.